The maximum atomic E-state index is 6.64. The van der Waals surface area contributed by atoms with Gasteiger partial charge in [0, 0.05) is 10.3 Å². The molecule has 0 aromatic rings. The fraction of sp³-hybridized carbons (Fsp3) is 0.900. The van der Waals surface area contributed by atoms with Crippen molar-refractivity contribution in [1.29, 1.82) is 0 Å². The highest BCUT2D eigenvalue weighted by Crippen LogP contribution is 2.77. The van der Waals surface area contributed by atoms with E-state index in [0.29, 0.717) is 39.1 Å². The summed E-state index contributed by atoms with van der Waals surface area (Å²) in [4.78, 5) is 1.30. The van der Waals surface area contributed by atoms with Crippen LogP contribution in [-0.4, -0.2) is 17.6 Å². The second kappa shape index (κ2) is 6.51. The first-order valence-electron chi connectivity index (χ1n) is 13.8. The SMILES string of the molecule is CC(C)C1=C2[C@H]3CC[C@@H]4[C@]56CC[C@H](OC5)C(C)(C)[C@@H]6CC[C@@]4(C)[C@]3(C)CC[C@@]2(C)CC1=S. The Labute approximate surface area is 202 Å². The monoisotopic (exact) mass is 454 g/mol. The van der Waals surface area contributed by atoms with Crippen LogP contribution in [-0.2, 0) is 4.74 Å². The number of fused-ring (bicyclic) bond motifs is 7. The Kier molecular flexibility index (Phi) is 4.53. The molecule has 0 amide bonds. The number of hydrogen-bond acceptors (Lipinski definition) is 2. The number of thiocarbonyl (C=S) groups is 1. The van der Waals surface area contributed by atoms with Gasteiger partial charge in [0.1, 0.15) is 0 Å². The van der Waals surface area contributed by atoms with Crippen LogP contribution in [0.15, 0.2) is 11.1 Å². The molecule has 0 aromatic carbocycles. The summed E-state index contributed by atoms with van der Waals surface area (Å²) in [6.07, 6.45) is 12.8. The van der Waals surface area contributed by atoms with Crippen LogP contribution in [0.4, 0.5) is 0 Å². The summed E-state index contributed by atoms with van der Waals surface area (Å²) in [6, 6.07) is 0. The number of ether oxygens (including phenoxy) is 1. The fourth-order valence-electron chi connectivity index (χ4n) is 11.4. The summed E-state index contributed by atoms with van der Waals surface area (Å²) in [5.74, 6) is 3.00. The third-order valence-electron chi connectivity index (χ3n) is 13.0. The van der Waals surface area contributed by atoms with Crippen LogP contribution < -0.4 is 0 Å². The first kappa shape index (κ1) is 22.3. The molecule has 2 saturated heterocycles. The van der Waals surface area contributed by atoms with Crippen molar-refractivity contribution in [3.8, 4) is 0 Å². The summed E-state index contributed by atoms with van der Waals surface area (Å²) in [7, 11) is 0. The second-order valence-electron chi connectivity index (χ2n) is 14.6. The smallest absolute Gasteiger partial charge is 0.0629 e. The largest absolute Gasteiger partial charge is 0.377 e. The summed E-state index contributed by atoms with van der Waals surface area (Å²) in [5.41, 5.74) is 5.39. The van der Waals surface area contributed by atoms with E-state index in [9.17, 15) is 0 Å². The molecule has 178 valence electrons. The van der Waals surface area contributed by atoms with Crippen LogP contribution >= 0.6 is 12.2 Å². The highest BCUT2D eigenvalue weighted by atomic mass is 32.1. The Morgan fingerprint density at radius 1 is 0.844 bits per heavy atom. The molecule has 32 heavy (non-hydrogen) atoms. The molecular formula is C30H46OS. The van der Waals surface area contributed by atoms with E-state index >= 15 is 0 Å². The third-order valence-corrected chi connectivity index (χ3v) is 13.4. The highest BCUT2D eigenvalue weighted by molar-refractivity contribution is 7.80. The lowest BCUT2D eigenvalue weighted by Gasteiger charge is -2.74. The van der Waals surface area contributed by atoms with Crippen molar-refractivity contribution in [2.45, 2.75) is 112 Å². The Morgan fingerprint density at radius 2 is 1.59 bits per heavy atom. The van der Waals surface area contributed by atoms with Crippen molar-refractivity contribution in [3.63, 3.8) is 0 Å². The predicted molar refractivity (Wildman–Crippen MR) is 137 cm³/mol. The van der Waals surface area contributed by atoms with Crippen molar-refractivity contribution in [2.24, 2.45) is 50.7 Å². The molecule has 6 fully saturated rings. The van der Waals surface area contributed by atoms with Crippen LogP contribution in [0, 0.1) is 50.7 Å². The van der Waals surface area contributed by atoms with Gasteiger partial charge in [-0.1, -0.05) is 66.3 Å². The van der Waals surface area contributed by atoms with E-state index in [4.69, 9.17) is 17.0 Å². The summed E-state index contributed by atoms with van der Waals surface area (Å²) >= 11 is 6.04. The van der Waals surface area contributed by atoms with E-state index in [1.54, 1.807) is 5.57 Å². The van der Waals surface area contributed by atoms with Gasteiger partial charge in [0.25, 0.3) is 0 Å². The van der Waals surface area contributed by atoms with E-state index in [-0.39, 0.29) is 0 Å². The maximum absolute atomic E-state index is 6.64. The standard InChI is InChI=1S/C30H46OS/c1-18(2)24-20(32)16-27(5)14-15-28(6)19(25(24)27)8-9-22-29(28,7)12-10-21-26(3,4)23-11-13-30(21,22)17-31-23/h18-19,21-23H,8-17H2,1-7H3/t19-,21+,22+,23+,27+,28-,29-,30-/m1/s1. The second-order valence-corrected chi connectivity index (χ2v) is 15.1. The summed E-state index contributed by atoms with van der Waals surface area (Å²) in [6.45, 7) is 18.9. The normalized spacial score (nSPS) is 53.7. The van der Waals surface area contributed by atoms with E-state index in [0.717, 1.165) is 30.8 Å². The average molecular weight is 455 g/mol. The fourth-order valence-corrected chi connectivity index (χ4v) is 12.0. The van der Waals surface area contributed by atoms with E-state index in [2.05, 4.69) is 48.5 Å². The maximum Gasteiger partial charge on any atom is 0.0629 e. The first-order chi connectivity index (χ1) is 14.9. The Balaban J connectivity index is 1.46. The summed E-state index contributed by atoms with van der Waals surface area (Å²) < 4.78 is 6.64. The van der Waals surface area contributed by atoms with E-state index in [1.807, 2.05) is 5.57 Å². The van der Waals surface area contributed by atoms with Crippen molar-refractivity contribution < 1.29 is 4.74 Å². The molecular weight excluding hydrogens is 408 g/mol. The van der Waals surface area contributed by atoms with Gasteiger partial charge in [-0.25, -0.2) is 0 Å². The molecule has 0 N–H and O–H groups in total. The van der Waals surface area contributed by atoms with Crippen LogP contribution in [0.1, 0.15) is 106 Å². The van der Waals surface area contributed by atoms with Crippen molar-refractivity contribution >= 4 is 17.1 Å². The van der Waals surface area contributed by atoms with Gasteiger partial charge in [-0.05, 0) is 109 Å². The average Bonchev–Trinajstić information content (AvgIpc) is 2.99. The van der Waals surface area contributed by atoms with Crippen molar-refractivity contribution in [1.82, 2.24) is 0 Å². The zero-order valence-electron chi connectivity index (χ0n) is 21.8. The molecule has 7 rings (SSSR count). The topological polar surface area (TPSA) is 9.23 Å². The molecule has 2 heteroatoms. The molecule has 2 bridgehead atoms. The van der Waals surface area contributed by atoms with Gasteiger partial charge in [-0.3, -0.25) is 0 Å². The van der Waals surface area contributed by atoms with Crippen molar-refractivity contribution in [2.75, 3.05) is 6.61 Å². The first-order valence-corrected chi connectivity index (χ1v) is 14.2. The van der Waals surface area contributed by atoms with Crippen LogP contribution in [0.5, 0.6) is 0 Å². The Hall–Kier alpha value is -0.210. The third kappa shape index (κ3) is 2.38. The molecule has 8 atom stereocenters. The lowest BCUT2D eigenvalue weighted by molar-refractivity contribution is -0.298. The molecule has 4 saturated carbocycles. The Morgan fingerprint density at radius 3 is 2.25 bits per heavy atom. The van der Waals surface area contributed by atoms with Gasteiger partial charge >= 0.3 is 0 Å². The van der Waals surface area contributed by atoms with Gasteiger partial charge in [-0.2, -0.15) is 0 Å². The minimum atomic E-state index is 0.341. The van der Waals surface area contributed by atoms with E-state index < -0.39 is 0 Å². The van der Waals surface area contributed by atoms with Gasteiger partial charge in [-0.15, -0.1) is 0 Å². The van der Waals surface area contributed by atoms with Crippen LogP contribution in [0.3, 0.4) is 0 Å². The minimum Gasteiger partial charge on any atom is -0.377 e. The quantitative estimate of drug-likeness (QED) is 0.369. The lowest BCUT2D eigenvalue weighted by atomic mass is 9.32. The molecule has 0 aromatic heterocycles. The Bertz CT molecular complexity index is 889. The zero-order chi connectivity index (χ0) is 22.9. The predicted octanol–water partition coefficient (Wildman–Crippen LogP) is 8.17. The van der Waals surface area contributed by atoms with Crippen molar-refractivity contribution in [3.05, 3.63) is 11.1 Å². The van der Waals surface area contributed by atoms with Crippen LogP contribution in [0.25, 0.3) is 0 Å². The zero-order valence-corrected chi connectivity index (χ0v) is 22.6. The molecule has 0 unspecified atom stereocenters. The number of rotatable bonds is 1. The molecule has 1 spiro atoms. The number of hydrogen-bond donors (Lipinski definition) is 0. The molecule has 7 aliphatic rings. The van der Waals surface area contributed by atoms with Crippen LogP contribution in [0.2, 0.25) is 0 Å². The number of allylic oxidation sites excluding steroid dienone is 2. The van der Waals surface area contributed by atoms with Gasteiger partial charge in [0.15, 0.2) is 0 Å². The molecule has 0 radical (unpaired) electrons. The highest BCUT2D eigenvalue weighted by Gasteiger charge is 2.71. The molecule has 2 heterocycles. The molecule has 2 aliphatic heterocycles. The van der Waals surface area contributed by atoms with Gasteiger partial charge < -0.3 is 4.74 Å². The molecule has 5 aliphatic carbocycles. The van der Waals surface area contributed by atoms with Gasteiger partial charge in [0.2, 0.25) is 0 Å². The summed E-state index contributed by atoms with van der Waals surface area (Å²) in [5, 5.41) is 0. The minimum absolute atomic E-state index is 0.341. The molecule has 1 nitrogen and oxygen atoms in total. The van der Waals surface area contributed by atoms with Gasteiger partial charge in [0.05, 0.1) is 12.7 Å². The lowest BCUT2D eigenvalue weighted by Crippen LogP contribution is -2.70. The van der Waals surface area contributed by atoms with E-state index in [1.165, 1.54) is 56.2 Å².